The number of H-pyrrole nitrogens is 1. The Morgan fingerprint density at radius 3 is 3.05 bits per heavy atom. The van der Waals surface area contributed by atoms with E-state index in [2.05, 4.69) is 15.0 Å². The zero-order valence-electron chi connectivity index (χ0n) is 10.2. The minimum absolute atomic E-state index is 0.0156. The lowest BCUT2D eigenvalue weighted by atomic mass is 10.2. The summed E-state index contributed by atoms with van der Waals surface area (Å²) in [5.74, 6) is -2.08. The van der Waals surface area contributed by atoms with Crippen LogP contribution in [0.1, 0.15) is 6.42 Å². The molecule has 6 N–H and O–H groups in total. The number of aromatic nitrogens is 4. The van der Waals surface area contributed by atoms with Crippen LogP contribution in [0.4, 0.5) is 5.95 Å². The van der Waals surface area contributed by atoms with Gasteiger partial charge < -0.3 is 25.8 Å². The Hall–Kier alpha value is -2.01. The maximum absolute atomic E-state index is 11.7. The van der Waals surface area contributed by atoms with Crippen LogP contribution < -0.4 is 11.3 Å². The summed E-state index contributed by atoms with van der Waals surface area (Å²) in [6.45, 7) is -0.452. The van der Waals surface area contributed by atoms with Gasteiger partial charge in [-0.25, -0.2) is 4.98 Å². The van der Waals surface area contributed by atoms with E-state index in [1.807, 2.05) is 0 Å². The molecule has 0 bridgehead atoms. The number of fused-ring (bicyclic) bond motifs is 1. The maximum atomic E-state index is 11.7. The minimum atomic E-state index is -1.95. The second kappa shape index (κ2) is 4.24. The molecule has 20 heavy (non-hydrogen) atoms. The van der Waals surface area contributed by atoms with Crippen LogP contribution in [0.15, 0.2) is 11.1 Å². The SMILES string of the molecule is Nc1nc2c(ncn2[C@]2(O)C[C@H](O)[C@@H](CO)O2)c(=O)[nH]1. The molecule has 10 heteroatoms. The van der Waals surface area contributed by atoms with Crippen molar-refractivity contribution in [2.75, 3.05) is 12.3 Å². The molecule has 10 nitrogen and oxygen atoms in total. The summed E-state index contributed by atoms with van der Waals surface area (Å²) in [6, 6.07) is 0. The Bertz CT molecular complexity index is 712. The molecule has 2 aromatic rings. The van der Waals surface area contributed by atoms with Gasteiger partial charge in [0.2, 0.25) is 5.95 Å². The number of nitrogen functional groups attached to an aromatic ring is 1. The monoisotopic (exact) mass is 283 g/mol. The minimum Gasteiger partial charge on any atom is -0.394 e. The van der Waals surface area contributed by atoms with Gasteiger partial charge in [0.05, 0.1) is 19.1 Å². The van der Waals surface area contributed by atoms with E-state index in [0.29, 0.717) is 0 Å². The van der Waals surface area contributed by atoms with Crippen molar-refractivity contribution >= 4 is 17.1 Å². The third kappa shape index (κ3) is 1.78. The van der Waals surface area contributed by atoms with E-state index in [4.69, 9.17) is 15.6 Å². The number of aromatic amines is 1. The van der Waals surface area contributed by atoms with Gasteiger partial charge in [-0.05, 0) is 0 Å². The number of nitrogens with one attached hydrogen (secondary N) is 1. The smallest absolute Gasteiger partial charge is 0.280 e. The van der Waals surface area contributed by atoms with Crippen molar-refractivity contribution < 1.29 is 20.1 Å². The quantitative estimate of drug-likeness (QED) is 0.402. The fourth-order valence-corrected chi connectivity index (χ4v) is 2.27. The van der Waals surface area contributed by atoms with Crippen LogP contribution in [0.25, 0.3) is 11.2 Å². The van der Waals surface area contributed by atoms with Gasteiger partial charge in [0.15, 0.2) is 11.2 Å². The standard InChI is InChI=1S/C10H13N5O5/c11-9-13-7-6(8(18)14-9)12-3-15(7)10(19)1-4(17)5(2-16)20-10/h3-5,16-17,19H,1-2H2,(H3,11,13,14,18)/t4-,5+,10-/m0/s1. The van der Waals surface area contributed by atoms with Crippen molar-refractivity contribution in [1.29, 1.82) is 0 Å². The molecule has 0 spiro atoms. The third-order valence-corrected chi connectivity index (χ3v) is 3.23. The normalized spacial score (nSPS) is 30.1. The summed E-state index contributed by atoms with van der Waals surface area (Å²) < 4.78 is 6.33. The van der Waals surface area contributed by atoms with Gasteiger partial charge in [0, 0.05) is 0 Å². The molecule has 0 aliphatic carbocycles. The maximum Gasteiger partial charge on any atom is 0.280 e. The van der Waals surface area contributed by atoms with Crippen molar-refractivity contribution in [3.8, 4) is 0 Å². The van der Waals surface area contributed by atoms with E-state index < -0.39 is 30.3 Å². The van der Waals surface area contributed by atoms with Crippen LogP contribution >= 0.6 is 0 Å². The van der Waals surface area contributed by atoms with Crippen molar-refractivity contribution in [2.24, 2.45) is 0 Å². The number of nitrogens with zero attached hydrogens (tertiary/aromatic N) is 3. The number of ether oxygens (including phenoxy) is 1. The van der Waals surface area contributed by atoms with Gasteiger partial charge >= 0.3 is 0 Å². The van der Waals surface area contributed by atoms with Gasteiger partial charge in [-0.15, -0.1) is 0 Å². The highest BCUT2D eigenvalue weighted by Crippen LogP contribution is 2.34. The highest BCUT2D eigenvalue weighted by molar-refractivity contribution is 5.70. The first-order chi connectivity index (χ1) is 9.44. The molecular weight excluding hydrogens is 270 g/mol. The molecule has 108 valence electrons. The van der Waals surface area contributed by atoms with Crippen LogP contribution in [0.3, 0.4) is 0 Å². The lowest BCUT2D eigenvalue weighted by Crippen LogP contribution is -2.34. The summed E-state index contributed by atoms with van der Waals surface area (Å²) in [7, 11) is 0. The summed E-state index contributed by atoms with van der Waals surface area (Å²) >= 11 is 0. The molecule has 0 aromatic carbocycles. The van der Waals surface area contributed by atoms with Gasteiger partial charge in [0.25, 0.3) is 11.5 Å². The summed E-state index contributed by atoms with van der Waals surface area (Å²) in [5.41, 5.74) is 4.92. The average molecular weight is 283 g/mol. The number of hydrogen-bond donors (Lipinski definition) is 5. The van der Waals surface area contributed by atoms with Crippen molar-refractivity contribution in [3.63, 3.8) is 0 Å². The molecule has 0 radical (unpaired) electrons. The highest BCUT2D eigenvalue weighted by Gasteiger charge is 2.47. The lowest BCUT2D eigenvalue weighted by Gasteiger charge is -2.23. The molecule has 1 fully saturated rings. The van der Waals surface area contributed by atoms with Gasteiger partial charge in [-0.3, -0.25) is 14.3 Å². The van der Waals surface area contributed by atoms with Gasteiger partial charge in [-0.2, -0.15) is 4.98 Å². The Balaban J connectivity index is 2.14. The molecular formula is C10H13N5O5. The predicted molar refractivity (Wildman–Crippen MR) is 65.3 cm³/mol. The number of aliphatic hydroxyl groups excluding tert-OH is 2. The number of imidazole rings is 1. The van der Waals surface area contributed by atoms with E-state index in [-0.39, 0.29) is 23.5 Å². The number of aliphatic hydroxyl groups is 3. The number of hydrogen-bond acceptors (Lipinski definition) is 8. The van der Waals surface area contributed by atoms with E-state index >= 15 is 0 Å². The molecule has 3 rings (SSSR count). The number of anilines is 1. The molecule has 0 unspecified atom stereocenters. The molecule has 1 aliphatic heterocycles. The Labute approximate surface area is 111 Å². The average Bonchev–Trinajstić information content (AvgIpc) is 2.91. The van der Waals surface area contributed by atoms with Crippen LogP contribution in [0.5, 0.6) is 0 Å². The molecule has 3 heterocycles. The molecule has 2 aromatic heterocycles. The van der Waals surface area contributed by atoms with Crippen molar-refractivity contribution in [2.45, 2.75) is 24.5 Å². The number of nitrogens with two attached hydrogens (primary N) is 1. The van der Waals surface area contributed by atoms with E-state index in [9.17, 15) is 15.0 Å². The zero-order chi connectivity index (χ0) is 14.5. The van der Waals surface area contributed by atoms with Gasteiger partial charge in [0.1, 0.15) is 12.4 Å². The van der Waals surface area contributed by atoms with Crippen molar-refractivity contribution in [1.82, 2.24) is 19.5 Å². The molecule has 1 saturated heterocycles. The van der Waals surface area contributed by atoms with E-state index in [1.54, 1.807) is 0 Å². The molecule has 0 amide bonds. The predicted octanol–water partition coefficient (Wildman–Crippen LogP) is -2.55. The Morgan fingerprint density at radius 1 is 1.65 bits per heavy atom. The first-order valence-electron chi connectivity index (χ1n) is 5.87. The molecule has 0 saturated carbocycles. The first-order valence-corrected chi connectivity index (χ1v) is 5.87. The second-order valence-corrected chi connectivity index (χ2v) is 4.59. The molecule has 3 atom stereocenters. The van der Waals surface area contributed by atoms with E-state index in [0.717, 1.165) is 4.57 Å². The second-order valence-electron chi connectivity index (χ2n) is 4.59. The fraction of sp³-hybridized carbons (Fsp3) is 0.500. The summed E-state index contributed by atoms with van der Waals surface area (Å²) in [4.78, 5) is 21.7. The first kappa shape index (κ1) is 13.0. The summed E-state index contributed by atoms with van der Waals surface area (Å²) in [6.07, 6.45) is -1.02. The Morgan fingerprint density at radius 2 is 2.40 bits per heavy atom. The highest BCUT2D eigenvalue weighted by atomic mass is 16.7. The van der Waals surface area contributed by atoms with Crippen LogP contribution in [-0.4, -0.2) is 53.7 Å². The zero-order valence-corrected chi connectivity index (χ0v) is 10.2. The Kier molecular flexibility index (Phi) is 2.76. The largest absolute Gasteiger partial charge is 0.394 e. The van der Waals surface area contributed by atoms with Crippen molar-refractivity contribution in [3.05, 3.63) is 16.7 Å². The fourth-order valence-electron chi connectivity index (χ4n) is 2.27. The number of rotatable bonds is 2. The lowest BCUT2D eigenvalue weighted by molar-refractivity contribution is -0.254. The van der Waals surface area contributed by atoms with E-state index in [1.165, 1.54) is 6.33 Å². The third-order valence-electron chi connectivity index (χ3n) is 3.23. The molecule has 1 aliphatic rings. The van der Waals surface area contributed by atoms with Crippen LogP contribution in [0, 0.1) is 0 Å². The summed E-state index contributed by atoms with van der Waals surface area (Å²) in [5, 5.41) is 29.2. The van der Waals surface area contributed by atoms with Crippen LogP contribution in [0.2, 0.25) is 0 Å². The van der Waals surface area contributed by atoms with Crippen LogP contribution in [-0.2, 0) is 10.6 Å². The topological polar surface area (TPSA) is 160 Å². The van der Waals surface area contributed by atoms with Gasteiger partial charge in [-0.1, -0.05) is 0 Å².